The second kappa shape index (κ2) is 5.16. The van der Waals surface area contributed by atoms with Gasteiger partial charge in [0.2, 0.25) is 0 Å². The third-order valence-electron chi connectivity index (χ3n) is 3.22. The van der Waals surface area contributed by atoms with E-state index < -0.39 is 0 Å². The second-order valence-electron chi connectivity index (χ2n) is 4.51. The third-order valence-corrected chi connectivity index (χ3v) is 3.22. The van der Waals surface area contributed by atoms with Gasteiger partial charge >= 0.3 is 0 Å². The lowest BCUT2D eigenvalue weighted by atomic mass is 10.1. The van der Waals surface area contributed by atoms with E-state index in [9.17, 15) is 4.79 Å². The number of methoxy groups -OCH3 is 1. The highest BCUT2D eigenvalue weighted by Gasteiger charge is 2.09. The molecule has 3 rings (SSSR count). The van der Waals surface area contributed by atoms with Crippen LogP contribution in [0, 0.1) is 0 Å². The second-order valence-corrected chi connectivity index (χ2v) is 4.51. The van der Waals surface area contributed by atoms with E-state index in [1.54, 1.807) is 30.4 Å². The van der Waals surface area contributed by atoms with Gasteiger partial charge in [-0.15, -0.1) is 0 Å². The molecule has 21 heavy (non-hydrogen) atoms. The largest absolute Gasteiger partial charge is 0.497 e. The van der Waals surface area contributed by atoms with Crippen LogP contribution in [-0.2, 0) is 0 Å². The summed E-state index contributed by atoms with van der Waals surface area (Å²) in [5, 5.41) is 0. The molecule has 0 atom stereocenters. The number of hydrogen-bond donors (Lipinski definition) is 1. The van der Waals surface area contributed by atoms with Crippen LogP contribution in [0.5, 0.6) is 5.75 Å². The molecule has 0 radical (unpaired) electrons. The van der Waals surface area contributed by atoms with Gasteiger partial charge in [-0.2, -0.15) is 0 Å². The van der Waals surface area contributed by atoms with Crippen molar-refractivity contribution in [1.29, 1.82) is 0 Å². The fourth-order valence-electron chi connectivity index (χ4n) is 2.13. The summed E-state index contributed by atoms with van der Waals surface area (Å²) in [6.45, 7) is 0. The summed E-state index contributed by atoms with van der Waals surface area (Å²) < 4.78 is 8.08. The maximum Gasteiger partial charge on any atom is 0.271 e. The van der Waals surface area contributed by atoms with Crippen LogP contribution >= 0.6 is 0 Å². The van der Waals surface area contributed by atoms with E-state index in [2.05, 4.69) is 4.98 Å². The minimum atomic E-state index is -0.293. The summed E-state index contributed by atoms with van der Waals surface area (Å²) in [6, 6.07) is 10.7. The van der Waals surface area contributed by atoms with E-state index in [0.717, 1.165) is 10.2 Å². The lowest BCUT2D eigenvalue weighted by Gasteiger charge is -2.11. The summed E-state index contributed by atoms with van der Waals surface area (Å²) in [7, 11) is 1.59. The van der Waals surface area contributed by atoms with Gasteiger partial charge in [0.1, 0.15) is 5.75 Å². The van der Waals surface area contributed by atoms with Gasteiger partial charge in [0.05, 0.1) is 24.8 Å². The Bertz CT molecular complexity index is 822. The zero-order chi connectivity index (χ0) is 14.8. The van der Waals surface area contributed by atoms with Crippen LogP contribution in [-0.4, -0.2) is 21.3 Å². The Labute approximate surface area is 121 Å². The van der Waals surface area contributed by atoms with Crippen molar-refractivity contribution in [3.8, 4) is 22.7 Å². The molecule has 2 heterocycles. The highest BCUT2D eigenvalue weighted by molar-refractivity contribution is 5.64. The number of nitrogens with zero attached hydrogens (tertiary/aromatic N) is 3. The number of ether oxygens (including phenoxy) is 1. The van der Waals surface area contributed by atoms with Crippen LogP contribution in [0.4, 0.5) is 0 Å². The van der Waals surface area contributed by atoms with Gasteiger partial charge in [0, 0.05) is 24.0 Å². The number of nitrogens with two attached hydrogens (primary N) is 1. The average Bonchev–Trinajstić information content (AvgIpc) is 3.04. The normalized spacial score (nSPS) is 10.5. The van der Waals surface area contributed by atoms with Crippen LogP contribution in [0.25, 0.3) is 16.9 Å². The zero-order valence-electron chi connectivity index (χ0n) is 11.4. The third kappa shape index (κ3) is 2.38. The Kier molecular flexibility index (Phi) is 3.19. The molecule has 6 nitrogen and oxygen atoms in total. The van der Waals surface area contributed by atoms with Crippen molar-refractivity contribution in [3.63, 3.8) is 0 Å². The number of aromatic nitrogens is 3. The molecule has 1 aromatic carbocycles. The molecule has 2 aromatic heterocycles. The van der Waals surface area contributed by atoms with E-state index in [1.165, 1.54) is 6.07 Å². The lowest BCUT2D eigenvalue weighted by molar-refractivity contribution is 0.415. The summed E-state index contributed by atoms with van der Waals surface area (Å²) in [5.41, 5.74) is 1.82. The van der Waals surface area contributed by atoms with Crippen molar-refractivity contribution in [2.75, 3.05) is 13.0 Å². The van der Waals surface area contributed by atoms with Crippen LogP contribution in [0.2, 0.25) is 0 Å². The molecule has 0 aliphatic carbocycles. The first-order valence-corrected chi connectivity index (χ1v) is 6.34. The maximum absolute atomic E-state index is 12.1. The molecule has 106 valence electrons. The van der Waals surface area contributed by atoms with Crippen LogP contribution in [0.15, 0.2) is 59.9 Å². The Morgan fingerprint density at radius 2 is 2.10 bits per heavy atom. The molecule has 0 unspecified atom stereocenters. The number of hydrogen-bond acceptors (Lipinski definition) is 4. The van der Waals surface area contributed by atoms with Gasteiger partial charge in [0.15, 0.2) is 0 Å². The molecule has 6 heteroatoms. The quantitative estimate of drug-likeness (QED) is 0.737. The first kappa shape index (κ1) is 13.0. The molecular formula is C15H14N4O2. The Morgan fingerprint density at radius 1 is 1.24 bits per heavy atom. The van der Waals surface area contributed by atoms with Gasteiger partial charge in [0.25, 0.3) is 5.56 Å². The molecular weight excluding hydrogens is 268 g/mol. The standard InChI is InChI=1S/C15H14N4O2/c1-21-13-4-2-3-11(7-13)14-8-12(9-15(20)19(14)16)18-6-5-17-10-18/h2-10H,16H2,1H3. The van der Waals surface area contributed by atoms with Crippen LogP contribution < -0.4 is 16.1 Å². The minimum Gasteiger partial charge on any atom is -0.497 e. The van der Waals surface area contributed by atoms with E-state index in [-0.39, 0.29) is 5.56 Å². The predicted octanol–water partition coefficient (Wildman–Crippen LogP) is 1.42. The Morgan fingerprint density at radius 3 is 2.81 bits per heavy atom. The summed E-state index contributed by atoms with van der Waals surface area (Å²) in [4.78, 5) is 16.0. The van der Waals surface area contributed by atoms with Crippen molar-refractivity contribution >= 4 is 0 Å². The smallest absolute Gasteiger partial charge is 0.271 e. The SMILES string of the molecule is COc1cccc(-c2cc(-n3ccnc3)cc(=O)n2N)c1. The van der Waals surface area contributed by atoms with E-state index in [1.807, 2.05) is 30.3 Å². The summed E-state index contributed by atoms with van der Waals surface area (Å²) >= 11 is 0. The van der Waals surface area contributed by atoms with Crippen molar-refractivity contribution in [2.45, 2.75) is 0 Å². The van der Waals surface area contributed by atoms with Gasteiger partial charge in [-0.25, -0.2) is 9.66 Å². The topological polar surface area (TPSA) is 75.1 Å². The molecule has 0 saturated carbocycles. The van der Waals surface area contributed by atoms with Crippen molar-refractivity contribution in [3.05, 3.63) is 65.5 Å². The molecule has 0 aliphatic heterocycles. The predicted molar refractivity (Wildman–Crippen MR) is 80.0 cm³/mol. The highest BCUT2D eigenvalue weighted by Crippen LogP contribution is 2.23. The van der Waals surface area contributed by atoms with Crippen molar-refractivity contribution in [1.82, 2.24) is 14.2 Å². The van der Waals surface area contributed by atoms with E-state index in [4.69, 9.17) is 10.6 Å². The van der Waals surface area contributed by atoms with Gasteiger partial charge in [-0.1, -0.05) is 12.1 Å². The number of imidazole rings is 1. The fourth-order valence-corrected chi connectivity index (χ4v) is 2.13. The molecule has 0 amide bonds. The summed E-state index contributed by atoms with van der Waals surface area (Å²) in [6.07, 6.45) is 5.05. The lowest BCUT2D eigenvalue weighted by Crippen LogP contribution is -2.28. The number of nitrogen functional groups attached to an aromatic ring is 1. The minimum absolute atomic E-state index is 0.293. The zero-order valence-corrected chi connectivity index (χ0v) is 11.4. The van der Waals surface area contributed by atoms with Crippen LogP contribution in [0.1, 0.15) is 0 Å². The number of benzene rings is 1. The molecule has 0 fully saturated rings. The van der Waals surface area contributed by atoms with Gasteiger partial charge in [-0.3, -0.25) is 4.79 Å². The molecule has 0 saturated heterocycles. The molecule has 0 aliphatic rings. The van der Waals surface area contributed by atoms with E-state index >= 15 is 0 Å². The number of pyridine rings is 1. The molecule has 3 aromatic rings. The van der Waals surface area contributed by atoms with E-state index in [0.29, 0.717) is 17.1 Å². The highest BCUT2D eigenvalue weighted by atomic mass is 16.5. The molecule has 2 N–H and O–H groups in total. The van der Waals surface area contributed by atoms with Gasteiger partial charge < -0.3 is 15.1 Å². The summed E-state index contributed by atoms with van der Waals surface area (Å²) in [5.74, 6) is 6.57. The van der Waals surface area contributed by atoms with Crippen molar-refractivity contribution in [2.24, 2.45) is 0 Å². The molecule has 0 spiro atoms. The Balaban J connectivity index is 2.19. The number of rotatable bonds is 3. The fraction of sp³-hybridized carbons (Fsp3) is 0.0667. The Hall–Kier alpha value is -3.02. The molecule has 0 bridgehead atoms. The average molecular weight is 282 g/mol. The first-order valence-electron chi connectivity index (χ1n) is 6.34. The van der Waals surface area contributed by atoms with Gasteiger partial charge in [-0.05, 0) is 18.2 Å². The maximum atomic E-state index is 12.1. The monoisotopic (exact) mass is 282 g/mol. The first-order chi connectivity index (χ1) is 10.2. The van der Waals surface area contributed by atoms with Crippen LogP contribution in [0.3, 0.4) is 0 Å². The van der Waals surface area contributed by atoms with Crippen molar-refractivity contribution < 1.29 is 4.74 Å².